The molecule has 0 saturated heterocycles. The Morgan fingerprint density at radius 2 is 2.33 bits per heavy atom. The van der Waals surface area contributed by atoms with Crippen molar-refractivity contribution in [2.24, 2.45) is 5.73 Å². The van der Waals surface area contributed by atoms with E-state index in [-0.39, 0.29) is 0 Å². The molecule has 0 atom stereocenters. The number of hydrogen-bond acceptors (Lipinski definition) is 2. The zero-order chi connectivity index (χ0) is 7.28. The molecule has 0 fully saturated rings. The van der Waals surface area contributed by atoms with Gasteiger partial charge in [-0.2, -0.15) is 0 Å². The first-order valence-electron chi connectivity index (χ1n) is 3.03. The van der Waals surface area contributed by atoms with Gasteiger partial charge < -0.3 is 11.1 Å². The number of hydrogen-bond donors (Lipinski definition) is 2. The van der Waals surface area contributed by atoms with Crippen molar-refractivity contribution in [1.82, 2.24) is 5.32 Å². The summed E-state index contributed by atoms with van der Waals surface area (Å²) in [5.74, 6) is 0. The van der Waals surface area contributed by atoms with Gasteiger partial charge in [0, 0.05) is 18.4 Å². The van der Waals surface area contributed by atoms with Crippen LogP contribution in [0.2, 0.25) is 0 Å². The molecule has 0 spiro atoms. The van der Waals surface area contributed by atoms with Crippen molar-refractivity contribution in [3.8, 4) is 0 Å². The zero-order valence-corrected chi connectivity index (χ0v) is 6.07. The smallest absolute Gasteiger partial charge is 0.0258 e. The van der Waals surface area contributed by atoms with Crippen LogP contribution in [0.3, 0.4) is 0 Å². The van der Waals surface area contributed by atoms with Crippen molar-refractivity contribution in [1.29, 1.82) is 0 Å². The first-order valence-corrected chi connectivity index (χ1v) is 3.03. The molecule has 0 bridgehead atoms. The molecular formula is C7H14N2. The van der Waals surface area contributed by atoms with Gasteiger partial charge in [-0.05, 0) is 12.5 Å². The summed E-state index contributed by atoms with van der Waals surface area (Å²) >= 11 is 0. The molecule has 0 heterocycles. The lowest BCUT2D eigenvalue weighted by Crippen LogP contribution is -2.06. The van der Waals surface area contributed by atoms with Gasteiger partial charge in [0.1, 0.15) is 0 Å². The average Bonchev–Trinajstić information content (AvgIpc) is 1.82. The van der Waals surface area contributed by atoms with Crippen LogP contribution in [0, 0.1) is 0 Å². The molecule has 9 heavy (non-hydrogen) atoms. The van der Waals surface area contributed by atoms with Crippen LogP contribution in [0.1, 0.15) is 13.3 Å². The van der Waals surface area contributed by atoms with Crippen molar-refractivity contribution < 1.29 is 0 Å². The molecule has 0 aliphatic rings. The van der Waals surface area contributed by atoms with E-state index in [1.54, 1.807) is 0 Å². The average molecular weight is 126 g/mol. The van der Waals surface area contributed by atoms with E-state index >= 15 is 0 Å². The monoisotopic (exact) mass is 126 g/mol. The molecule has 0 aromatic rings. The summed E-state index contributed by atoms with van der Waals surface area (Å²) in [5.41, 5.74) is 7.05. The van der Waals surface area contributed by atoms with Gasteiger partial charge in [0.25, 0.3) is 0 Å². The van der Waals surface area contributed by atoms with E-state index in [1.807, 2.05) is 13.1 Å². The van der Waals surface area contributed by atoms with Gasteiger partial charge in [-0.15, -0.1) is 0 Å². The molecule has 3 N–H and O–H groups in total. The van der Waals surface area contributed by atoms with Crippen LogP contribution in [0.15, 0.2) is 24.0 Å². The molecule has 0 unspecified atom stereocenters. The second-order valence-corrected chi connectivity index (χ2v) is 1.85. The van der Waals surface area contributed by atoms with E-state index in [2.05, 4.69) is 18.8 Å². The summed E-state index contributed by atoms with van der Waals surface area (Å²) in [5, 5.41) is 3.00. The Bertz CT molecular complexity index is 119. The molecule has 0 aromatic carbocycles. The van der Waals surface area contributed by atoms with Crippen molar-refractivity contribution in [2.45, 2.75) is 13.3 Å². The summed E-state index contributed by atoms with van der Waals surface area (Å²) in [6.07, 6.45) is 2.80. The SMILES string of the molecule is C=C(N)/C=C(\CC)NC. The van der Waals surface area contributed by atoms with Crippen LogP contribution in [-0.4, -0.2) is 7.05 Å². The summed E-state index contributed by atoms with van der Waals surface area (Å²) in [6, 6.07) is 0. The van der Waals surface area contributed by atoms with Gasteiger partial charge in [-0.25, -0.2) is 0 Å². The van der Waals surface area contributed by atoms with Crippen molar-refractivity contribution in [2.75, 3.05) is 7.05 Å². The summed E-state index contributed by atoms with van der Waals surface area (Å²) in [7, 11) is 1.87. The van der Waals surface area contributed by atoms with Gasteiger partial charge >= 0.3 is 0 Å². The van der Waals surface area contributed by atoms with Gasteiger partial charge in [-0.1, -0.05) is 13.5 Å². The fraction of sp³-hybridized carbons (Fsp3) is 0.429. The minimum Gasteiger partial charge on any atom is -0.399 e. The minimum atomic E-state index is 0.598. The van der Waals surface area contributed by atoms with Crippen LogP contribution in [-0.2, 0) is 0 Å². The van der Waals surface area contributed by atoms with Crippen molar-refractivity contribution >= 4 is 0 Å². The summed E-state index contributed by atoms with van der Waals surface area (Å²) in [6.45, 7) is 5.61. The Labute approximate surface area is 56.4 Å². The van der Waals surface area contributed by atoms with E-state index < -0.39 is 0 Å². The fourth-order valence-corrected chi connectivity index (χ4v) is 0.575. The minimum absolute atomic E-state index is 0.598. The van der Waals surface area contributed by atoms with Crippen LogP contribution in [0.25, 0.3) is 0 Å². The standard InChI is InChI=1S/C7H14N2/c1-4-7(9-3)5-6(2)8/h5,9H,2,4,8H2,1,3H3/b7-5+. The van der Waals surface area contributed by atoms with Crippen molar-refractivity contribution in [3.05, 3.63) is 24.0 Å². The lowest BCUT2D eigenvalue weighted by atomic mass is 10.3. The van der Waals surface area contributed by atoms with Gasteiger partial charge in [0.15, 0.2) is 0 Å². The molecule has 0 saturated carbocycles. The Hall–Kier alpha value is -0.920. The number of rotatable bonds is 3. The highest BCUT2D eigenvalue weighted by Crippen LogP contribution is 1.95. The highest BCUT2D eigenvalue weighted by molar-refractivity contribution is 5.15. The maximum absolute atomic E-state index is 5.33. The number of nitrogens with two attached hydrogens (primary N) is 1. The second-order valence-electron chi connectivity index (χ2n) is 1.85. The second kappa shape index (κ2) is 4.01. The maximum Gasteiger partial charge on any atom is 0.0258 e. The van der Waals surface area contributed by atoms with Crippen LogP contribution in [0.5, 0.6) is 0 Å². The first kappa shape index (κ1) is 8.08. The number of nitrogens with one attached hydrogen (secondary N) is 1. The third kappa shape index (κ3) is 3.64. The van der Waals surface area contributed by atoms with Crippen LogP contribution < -0.4 is 11.1 Å². The zero-order valence-electron chi connectivity index (χ0n) is 6.07. The number of allylic oxidation sites excluding steroid dienone is 2. The summed E-state index contributed by atoms with van der Waals surface area (Å²) in [4.78, 5) is 0. The molecule has 0 rings (SSSR count). The van der Waals surface area contributed by atoms with E-state index in [4.69, 9.17) is 5.73 Å². The fourth-order valence-electron chi connectivity index (χ4n) is 0.575. The first-order chi connectivity index (χ1) is 4.20. The molecule has 0 radical (unpaired) electrons. The van der Waals surface area contributed by atoms with E-state index in [9.17, 15) is 0 Å². The molecule has 2 heteroatoms. The van der Waals surface area contributed by atoms with E-state index in [0.717, 1.165) is 12.1 Å². The van der Waals surface area contributed by atoms with Gasteiger partial charge in [0.05, 0.1) is 0 Å². The van der Waals surface area contributed by atoms with Crippen LogP contribution >= 0.6 is 0 Å². The normalized spacial score (nSPS) is 11.1. The Balaban J connectivity index is 3.91. The highest BCUT2D eigenvalue weighted by Gasteiger charge is 1.86. The third-order valence-electron chi connectivity index (χ3n) is 1.06. The molecular weight excluding hydrogens is 112 g/mol. The molecule has 52 valence electrons. The third-order valence-corrected chi connectivity index (χ3v) is 1.06. The van der Waals surface area contributed by atoms with Crippen molar-refractivity contribution in [3.63, 3.8) is 0 Å². The maximum atomic E-state index is 5.33. The topological polar surface area (TPSA) is 38.0 Å². The van der Waals surface area contributed by atoms with Crippen LogP contribution in [0.4, 0.5) is 0 Å². The predicted octanol–water partition coefficient (Wildman–Crippen LogP) is 0.972. The molecule has 0 aromatic heterocycles. The largest absolute Gasteiger partial charge is 0.399 e. The highest BCUT2D eigenvalue weighted by atomic mass is 14.8. The lowest BCUT2D eigenvalue weighted by molar-refractivity contribution is 0.897. The predicted molar refractivity (Wildman–Crippen MR) is 40.8 cm³/mol. The van der Waals surface area contributed by atoms with Gasteiger partial charge in [0.2, 0.25) is 0 Å². The Morgan fingerprint density at radius 3 is 2.44 bits per heavy atom. The Morgan fingerprint density at radius 1 is 1.78 bits per heavy atom. The Kier molecular flexibility index (Phi) is 3.60. The molecule has 0 amide bonds. The van der Waals surface area contributed by atoms with E-state index in [1.165, 1.54) is 0 Å². The quantitative estimate of drug-likeness (QED) is 0.553. The molecule has 0 aliphatic heterocycles. The molecule has 0 aliphatic carbocycles. The molecule has 2 nitrogen and oxygen atoms in total. The van der Waals surface area contributed by atoms with Gasteiger partial charge in [-0.3, -0.25) is 0 Å². The summed E-state index contributed by atoms with van der Waals surface area (Å²) < 4.78 is 0. The van der Waals surface area contributed by atoms with E-state index in [0.29, 0.717) is 5.70 Å². The lowest BCUT2D eigenvalue weighted by Gasteiger charge is -2.01.